The number of hydrogen-bond acceptors (Lipinski definition) is 3. The molecule has 0 spiro atoms. The van der Waals surface area contributed by atoms with Crippen molar-refractivity contribution in [3.8, 4) is 5.75 Å². The average Bonchev–Trinajstić information content (AvgIpc) is 2.97. The van der Waals surface area contributed by atoms with Crippen LogP contribution in [0.25, 0.3) is 11.0 Å². The largest absolute Gasteiger partial charge is 0.445 e. The van der Waals surface area contributed by atoms with Crippen molar-refractivity contribution in [1.29, 1.82) is 0 Å². The van der Waals surface area contributed by atoms with Crippen LogP contribution in [0.5, 0.6) is 5.75 Å². The predicted molar refractivity (Wildman–Crippen MR) is 109 cm³/mol. The van der Waals surface area contributed by atoms with E-state index in [0.717, 1.165) is 71.6 Å². The predicted octanol–water partition coefficient (Wildman–Crippen LogP) is 3.65. The Bertz CT molecular complexity index is 1100. The number of quaternary nitrogens is 1. The molecule has 3 aromatic rings. The molecular formula is C23H23ClNO3+. The second-order valence-corrected chi connectivity index (χ2v) is 8.22. The van der Waals surface area contributed by atoms with E-state index >= 15 is 0 Å². The lowest BCUT2D eigenvalue weighted by Gasteiger charge is -2.27. The van der Waals surface area contributed by atoms with Crippen LogP contribution in [0.3, 0.4) is 0 Å². The van der Waals surface area contributed by atoms with Crippen molar-refractivity contribution in [2.24, 2.45) is 0 Å². The smallest absolute Gasteiger partial charge is 0.339 e. The number of ether oxygens (including phenoxy) is 1. The first kappa shape index (κ1) is 17.8. The first-order chi connectivity index (χ1) is 13.7. The summed E-state index contributed by atoms with van der Waals surface area (Å²) in [5.74, 6) is 0.826. The van der Waals surface area contributed by atoms with Crippen LogP contribution in [0.2, 0.25) is 5.02 Å². The molecule has 2 aliphatic rings. The number of rotatable bonds is 2. The fourth-order valence-electron chi connectivity index (χ4n) is 4.53. The Morgan fingerprint density at radius 1 is 0.964 bits per heavy atom. The molecule has 0 amide bonds. The van der Waals surface area contributed by atoms with Gasteiger partial charge in [-0.1, -0.05) is 36.2 Å². The maximum Gasteiger partial charge on any atom is 0.339 e. The highest BCUT2D eigenvalue weighted by atomic mass is 35.5. The summed E-state index contributed by atoms with van der Waals surface area (Å²) in [5.41, 5.74) is 4.69. The van der Waals surface area contributed by atoms with Gasteiger partial charge in [0.1, 0.15) is 18.8 Å². The highest BCUT2D eigenvalue weighted by Gasteiger charge is 2.27. The van der Waals surface area contributed by atoms with Crippen LogP contribution in [-0.4, -0.2) is 6.73 Å². The van der Waals surface area contributed by atoms with Gasteiger partial charge in [0.15, 0.2) is 5.58 Å². The molecule has 4 nitrogen and oxygen atoms in total. The van der Waals surface area contributed by atoms with Gasteiger partial charge in [0.25, 0.3) is 0 Å². The zero-order valence-corrected chi connectivity index (χ0v) is 16.5. The fraction of sp³-hybridized carbons (Fsp3) is 0.348. The molecular weight excluding hydrogens is 374 g/mol. The van der Waals surface area contributed by atoms with Crippen molar-refractivity contribution in [3.05, 3.63) is 74.1 Å². The standard InChI is InChI=1S/C23H22ClNO3/c24-20-9-5-4-6-15(20)12-25-13-19-21(27-14-25)11-10-17-16-7-2-1-3-8-18(16)23(26)28-22(17)19/h4-6,9-11H,1-3,7-8,12-14H2/p+1. The quantitative estimate of drug-likeness (QED) is 0.531. The van der Waals surface area contributed by atoms with Crippen molar-refractivity contribution in [1.82, 2.24) is 0 Å². The van der Waals surface area contributed by atoms with Crippen LogP contribution in [0.4, 0.5) is 0 Å². The van der Waals surface area contributed by atoms with Crippen molar-refractivity contribution in [2.75, 3.05) is 6.73 Å². The molecule has 1 N–H and O–H groups in total. The van der Waals surface area contributed by atoms with Gasteiger partial charge in [-0.25, -0.2) is 4.79 Å². The Morgan fingerprint density at radius 2 is 1.79 bits per heavy atom. The van der Waals surface area contributed by atoms with E-state index in [4.69, 9.17) is 20.8 Å². The van der Waals surface area contributed by atoms with E-state index in [0.29, 0.717) is 12.3 Å². The lowest BCUT2D eigenvalue weighted by molar-refractivity contribution is -0.945. The lowest BCUT2D eigenvalue weighted by Crippen LogP contribution is -3.10. The first-order valence-corrected chi connectivity index (χ1v) is 10.4. The maximum absolute atomic E-state index is 12.7. The third kappa shape index (κ3) is 3.11. The molecule has 0 fully saturated rings. The monoisotopic (exact) mass is 396 g/mol. The molecule has 5 heteroatoms. The molecule has 0 saturated carbocycles. The number of hydrogen-bond donors (Lipinski definition) is 1. The van der Waals surface area contributed by atoms with Gasteiger partial charge in [-0.05, 0) is 49.4 Å². The van der Waals surface area contributed by atoms with Gasteiger partial charge in [-0.15, -0.1) is 0 Å². The third-order valence-electron chi connectivity index (χ3n) is 5.96. The number of aryl methyl sites for hydroxylation is 1. The van der Waals surface area contributed by atoms with Gasteiger partial charge in [0, 0.05) is 21.5 Å². The maximum atomic E-state index is 12.7. The molecule has 2 heterocycles. The molecule has 1 unspecified atom stereocenters. The van der Waals surface area contributed by atoms with Crippen LogP contribution in [0.1, 0.15) is 41.5 Å². The summed E-state index contributed by atoms with van der Waals surface area (Å²) in [6.07, 6.45) is 5.13. The van der Waals surface area contributed by atoms with Crippen molar-refractivity contribution in [2.45, 2.75) is 45.2 Å². The normalized spacial score (nSPS) is 18.8. The summed E-state index contributed by atoms with van der Waals surface area (Å²) in [7, 11) is 0. The van der Waals surface area contributed by atoms with Crippen LogP contribution >= 0.6 is 11.6 Å². The molecule has 28 heavy (non-hydrogen) atoms. The highest BCUT2D eigenvalue weighted by molar-refractivity contribution is 6.31. The molecule has 1 aromatic heterocycles. The average molecular weight is 397 g/mol. The summed E-state index contributed by atoms with van der Waals surface area (Å²) in [6.45, 7) is 2.09. The van der Waals surface area contributed by atoms with Crippen molar-refractivity contribution < 1.29 is 14.1 Å². The minimum absolute atomic E-state index is 0.170. The van der Waals surface area contributed by atoms with Gasteiger partial charge in [0.05, 0.1) is 5.56 Å². The van der Waals surface area contributed by atoms with Gasteiger partial charge in [0.2, 0.25) is 6.73 Å². The SMILES string of the molecule is O=c1oc2c3c(ccc2c2c1CCCCC2)OC[NH+](Cc1ccccc1Cl)C3. The summed E-state index contributed by atoms with van der Waals surface area (Å²) >= 11 is 6.34. The highest BCUT2D eigenvalue weighted by Crippen LogP contribution is 2.33. The van der Waals surface area contributed by atoms with E-state index < -0.39 is 0 Å². The number of fused-ring (bicyclic) bond motifs is 5. The number of halogens is 1. The minimum atomic E-state index is -0.170. The fourth-order valence-corrected chi connectivity index (χ4v) is 4.73. The molecule has 1 atom stereocenters. The lowest BCUT2D eigenvalue weighted by atomic mass is 9.98. The second kappa shape index (κ2) is 7.26. The summed E-state index contributed by atoms with van der Waals surface area (Å²) in [5, 5.41) is 1.86. The van der Waals surface area contributed by atoms with Crippen molar-refractivity contribution in [3.63, 3.8) is 0 Å². The van der Waals surface area contributed by atoms with E-state index in [-0.39, 0.29) is 5.63 Å². The van der Waals surface area contributed by atoms with Gasteiger partial charge in [-0.2, -0.15) is 0 Å². The summed E-state index contributed by atoms with van der Waals surface area (Å²) in [4.78, 5) is 13.9. The zero-order chi connectivity index (χ0) is 19.1. The molecule has 0 bridgehead atoms. The van der Waals surface area contributed by atoms with Crippen LogP contribution in [0.15, 0.2) is 45.6 Å². The molecule has 1 aliphatic heterocycles. The third-order valence-corrected chi connectivity index (χ3v) is 6.33. The molecule has 2 aromatic carbocycles. The molecule has 5 rings (SSSR count). The molecule has 0 saturated heterocycles. The Labute approximate surface area is 168 Å². The molecule has 0 radical (unpaired) electrons. The minimum Gasteiger partial charge on any atom is -0.445 e. The van der Waals surface area contributed by atoms with E-state index in [1.807, 2.05) is 30.3 Å². The first-order valence-electron chi connectivity index (χ1n) is 10.0. The topological polar surface area (TPSA) is 43.9 Å². The second-order valence-electron chi connectivity index (χ2n) is 7.81. The van der Waals surface area contributed by atoms with E-state index in [9.17, 15) is 4.79 Å². The zero-order valence-electron chi connectivity index (χ0n) is 15.7. The van der Waals surface area contributed by atoms with Gasteiger partial charge in [-0.3, -0.25) is 4.90 Å². The van der Waals surface area contributed by atoms with Gasteiger partial charge < -0.3 is 9.15 Å². The van der Waals surface area contributed by atoms with Crippen LogP contribution < -0.4 is 15.3 Å². The summed E-state index contributed by atoms with van der Waals surface area (Å²) in [6, 6.07) is 12.0. The number of nitrogens with one attached hydrogen (secondary N) is 1. The van der Waals surface area contributed by atoms with Crippen molar-refractivity contribution >= 4 is 22.6 Å². The van der Waals surface area contributed by atoms with E-state index in [1.54, 1.807) is 0 Å². The Balaban J connectivity index is 1.56. The Kier molecular flexibility index (Phi) is 4.61. The number of benzene rings is 2. The molecule has 144 valence electrons. The Morgan fingerprint density at radius 3 is 2.64 bits per heavy atom. The Hall–Kier alpha value is -2.30. The van der Waals surface area contributed by atoms with Crippen LogP contribution in [0, 0.1) is 0 Å². The van der Waals surface area contributed by atoms with E-state index in [1.165, 1.54) is 16.9 Å². The van der Waals surface area contributed by atoms with Gasteiger partial charge >= 0.3 is 5.63 Å². The summed E-state index contributed by atoms with van der Waals surface area (Å²) < 4.78 is 11.9. The molecule has 1 aliphatic carbocycles. The van der Waals surface area contributed by atoms with E-state index in [2.05, 4.69) is 6.07 Å². The van der Waals surface area contributed by atoms with Crippen LogP contribution in [-0.2, 0) is 25.9 Å².